The summed E-state index contributed by atoms with van der Waals surface area (Å²) in [6, 6.07) is 6.67. The minimum absolute atomic E-state index is 0.726. The van der Waals surface area contributed by atoms with Crippen LogP contribution in [0.2, 0.25) is 0 Å². The van der Waals surface area contributed by atoms with E-state index in [4.69, 9.17) is 10.5 Å². The highest BCUT2D eigenvalue weighted by Gasteiger charge is 2.20. The van der Waals surface area contributed by atoms with Crippen molar-refractivity contribution in [2.45, 2.75) is 51.6 Å². The van der Waals surface area contributed by atoms with Crippen LogP contribution in [0.15, 0.2) is 18.2 Å². The van der Waals surface area contributed by atoms with Crippen molar-refractivity contribution >= 4 is 5.69 Å². The van der Waals surface area contributed by atoms with E-state index in [9.17, 15) is 0 Å². The minimum atomic E-state index is 0.726. The van der Waals surface area contributed by atoms with Crippen LogP contribution in [0.1, 0.15) is 44.6 Å². The molecule has 0 aromatic heterocycles. The zero-order valence-electron chi connectivity index (χ0n) is 12.2. The Morgan fingerprint density at radius 1 is 1.26 bits per heavy atom. The summed E-state index contributed by atoms with van der Waals surface area (Å²) in [5, 5.41) is 0. The molecule has 0 unspecified atom stereocenters. The molecule has 0 bridgehead atoms. The number of methoxy groups -OCH3 is 1. The molecule has 19 heavy (non-hydrogen) atoms. The average molecular weight is 262 g/mol. The van der Waals surface area contributed by atoms with E-state index in [-0.39, 0.29) is 0 Å². The average Bonchev–Trinajstić information content (AvgIpc) is 2.47. The van der Waals surface area contributed by atoms with Crippen LogP contribution in [-0.2, 0) is 6.54 Å². The van der Waals surface area contributed by atoms with E-state index in [1.165, 1.54) is 37.7 Å². The van der Waals surface area contributed by atoms with Crippen LogP contribution in [0, 0.1) is 0 Å². The van der Waals surface area contributed by atoms with Gasteiger partial charge in [0.05, 0.1) is 7.11 Å². The van der Waals surface area contributed by atoms with Crippen LogP contribution in [0.25, 0.3) is 0 Å². The molecule has 1 aromatic carbocycles. The fourth-order valence-electron chi connectivity index (χ4n) is 3.01. The van der Waals surface area contributed by atoms with Gasteiger partial charge in [-0.3, -0.25) is 4.90 Å². The van der Waals surface area contributed by atoms with Crippen molar-refractivity contribution in [3.8, 4) is 5.75 Å². The Balaban J connectivity index is 2.08. The predicted octanol–water partition coefficient (Wildman–Crippen LogP) is 3.43. The second-order valence-electron chi connectivity index (χ2n) is 5.42. The van der Waals surface area contributed by atoms with Crippen LogP contribution >= 0.6 is 0 Å². The third-order valence-electron chi connectivity index (χ3n) is 4.22. The van der Waals surface area contributed by atoms with Crippen molar-refractivity contribution in [3.05, 3.63) is 23.8 Å². The smallest absolute Gasteiger partial charge is 0.119 e. The van der Waals surface area contributed by atoms with Gasteiger partial charge in [-0.15, -0.1) is 0 Å². The van der Waals surface area contributed by atoms with Gasteiger partial charge in [0.25, 0.3) is 0 Å². The molecule has 0 atom stereocenters. The molecule has 0 aliphatic heterocycles. The highest BCUT2D eigenvalue weighted by atomic mass is 16.5. The van der Waals surface area contributed by atoms with E-state index in [0.29, 0.717) is 0 Å². The van der Waals surface area contributed by atoms with E-state index in [2.05, 4.69) is 17.9 Å². The number of benzene rings is 1. The van der Waals surface area contributed by atoms with Gasteiger partial charge in [-0.2, -0.15) is 0 Å². The van der Waals surface area contributed by atoms with Gasteiger partial charge in [0, 0.05) is 18.3 Å². The summed E-state index contributed by atoms with van der Waals surface area (Å²) < 4.78 is 5.30. The Hall–Kier alpha value is -1.22. The first-order valence-electron chi connectivity index (χ1n) is 7.41. The molecule has 1 saturated carbocycles. The number of rotatable bonds is 5. The van der Waals surface area contributed by atoms with Crippen LogP contribution in [0.3, 0.4) is 0 Å². The zero-order valence-corrected chi connectivity index (χ0v) is 12.2. The maximum atomic E-state index is 6.09. The summed E-state index contributed by atoms with van der Waals surface area (Å²) in [6.07, 6.45) is 6.80. The van der Waals surface area contributed by atoms with Crippen molar-refractivity contribution in [2.24, 2.45) is 0 Å². The van der Waals surface area contributed by atoms with Gasteiger partial charge in [0.15, 0.2) is 0 Å². The second kappa shape index (κ2) is 6.80. The van der Waals surface area contributed by atoms with Crippen molar-refractivity contribution < 1.29 is 4.74 Å². The first-order chi connectivity index (χ1) is 9.24. The van der Waals surface area contributed by atoms with Gasteiger partial charge in [-0.25, -0.2) is 0 Å². The summed E-state index contributed by atoms with van der Waals surface area (Å²) in [5.74, 6) is 0.892. The summed E-state index contributed by atoms with van der Waals surface area (Å²) in [5.41, 5.74) is 8.15. The first kappa shape index (κ1) is 14.2. The molecule has 0 heterocycles. The molecule has 0 radical (unpaired) electrons. The molecule has 1 aromatic rings. The number of anilines is 1. The molecule has 3 nitrogen and oxygen atoms in total. The molecular formula is C16H26N2O. The molecular weight excluding hydrogens is 236 g/mol. The second-order valence-corrected chi connectivity index (χ2v) is 5.42. The molecule has 1 aliphatic rings. The van der Waals surface area contributed by atoms with E-state index in [0.717, 1.165) is 30.6 Å². The molecule has 1 aliphatic carbocycles. The first-order valence-corrected chi connectivity index (χ1v) is 7.41. The monoisotopic (exact) mass is 262 g/mol. The van der Waals surface area contributed by atoms with E-state index < -0.39 is 0 Å². The van der Waals surface area contributed by atoms with Gasteiger partial charge < -0.3 is 10.5 Å². The van der Waals surface area contributed by atoms with Gasteiger partial charge >= 0.3 is 0 Å². The Morgan fingerprint density at radius 2 is 2.00 bits per heavy atom. The molecule has 1 fully saturated rings. The number of nitrogens with zero attached hydrogens (tertiary/aromatic N) is 1. The number of hydrogen-bond acceptors (Lipinski definition) is 3. The topological polar surface area (TPSA) is 38.5 Å². The number of nitrogens with two attached hydrogens (primary N) is 1. The SMILES string of the molecule is CCN(Cc1cc(OC)ccc1N)C1CCCCC1. The van der Waals surface area contributed by atoms with Crippen molar-refractivity contribution in [3.63, 3.8) is 0 Å². The molecule has 2 rings (SSSR count). The van der Waals surface area contributed by atoms with Crippen molar-refractivity contribution in [2.75, 3.05) is 19.4 Å². The largest absolute Gasteiger partial charge is 0.497 e. The Bertz CT molecular complexity index is 400. The van der Waals surface area contributed by atoms with Crippen LogP contribution in [-0.4, -0.2) is 24.6 Å². The summed E-state index contributed by atoms with van der Waals surface area (Å²) in [6.45, 7) is 4.26. The van der Waals surface area contributed by atoms with Crippen LogP contribution in [0.4, 0.5) is 5.69 Å². The normalized spacial score (nSPS) is 16.8. The Morgan fingerprint density at radius 3 is 2.63 bits per heavy atom. The molecule has 2 N–H and O–H groups in total. The molecule has 3 heteroatoms. The maximum absolute atomic E-state index is 6.09. The molecule has 0 saturated heterocycles. The van der Waals surface area contributed by atoms with Crippen molar-refractivity contribution in [1.82, 2.24) is 4.90 Å². The fraction of sp³-hybridized carbons (Fsp3) is 0.625. The lowest BCUT2D eigenvalue weighted by Crippen LogP contribution is -2.36. The lowest BCUT2D eigenvalue weighted by Gasteiger charge is -2.33. The van der Waals surface area contributed by atoms with Crippen LogP contribution in [0.5, 0.6) is 5.75 Å². The lowest BCUT2D eigenvalue weighted by molar-refractivity contribution is 0.156. The van der Waals surface area contributed by atoms with Crippen molar-refractivity contribution in [1.29, 1.82) is 0 Å². The fourth-order valence-corrected chi connectivity index (χ4v) is 3.01. The third kappa shape index (κ3) is 3.63. The number of ether oxygens (including phenoxy) is 1. The summed E-state index contributed by atoms with van der Waals surface area (Å²) >= 11 is 0. The van der Waals surface area contributed by atoms with E-state index in [1.807, 2.05) is 12.1 Å². The Kier molecular flexibility index (Phi) is 5.08. The quantitative estimate of drug-likeness (QED) is 0.826. The van der Waals surface area contributed by atoms with Gasteiger partial charge in [-0.1, -0.05) is 26.2 Å². The van der Waals surface area contributed by atoms with Gasteiger partial charge in [0.1, 0.15) is 5.75 Å². The van der Waals surface area contributed by atoms with E-state index in [1.54, 1.807) is 7.11 Å². The molecule has 106 valence electrons. The minimum Gasteiger partial charge on any atom is -0.497 e. The molecule has 0 amide bonds. The number of hydrogen-bond donors (Lipinski definition) is 1. The highest BCUT2D eigenvalue weighted by Crippen LogP contribution is 2.26. The summed E-state index contributed by atoms with van der Waals surface area (Å²) in [7, 11) is 1.70. The van der Waals surface area contributed by atoms with Gasteiger partial charge in [0.2, 0.25) is 0 Å². The predicted molar refractivity (Wildman–Crippen MR) is 80.4 cm³/mol. The summed E-state index contributed by atoms with van der Waals surface area (Å²) in [4.78, 5) is 2.56. The maximum Gasteiger partial charge on any atom is 0.119 e. The lowest BCUT2D eigenvalue weighted by atomic mass is 9.94. The Labute approximate surface area is 116 Å². The highest BCUT2D eigenvalue weighted by molar-refractivity contribution is 5.50. The number of nitrogen functional groups attached to an aromatic ring is 1. The van der Waals surface area contributed by atoms with E-state index >= 15 is 0 Å². The third-order valence-corrected chi connectivity index (χ3v) is 4.22. The zero-order chi connectivity index (χ0) is 13.7. The molecule has 0 spiro atoms. The standard InChI is InChI=1S/C16H26N2O/c1-3-18(14-7-5-4-6-8-14)12-13-11-15(19-2)9-10-16(13)17/h9-11,14H,3-8,12,17H2,1-2H3. The van der Waals surface area contributed by atoms with Crippen LogP contribution < -0.4 is 10.5 Å². The van der Waals surface area contributed by atoms with Gasteiger partial charge in [-0.05, 0) is 43.1 Å².